The molecule has 8 heteroatoms. The Kier molecular flexibility index (Phi) is 8.85. The lowest BCUT2D eigenvalue weighted by Crippen LogP contribution is -2.32. The highest BCUT2D eigenvalue weighted by atomic mass is 35.5. The molecule has 204 valence electrons. The van der Waals surface area contributed by atoms with Gasteiger partial charge in [-0.15, -0.1) is 0 Å². The van der Waals surface area contributed by atoms with Gasteiger partial charge < -0.3 is 15.5 Å². The number of benzene rings is 1. The predicted octanol–water partition coefficient (Wildman–Crippen LogP) is 5.97. The summed E-state index contributed by atoms with van der Waals surface area (Å²) < 4.78 is 2.07. The van der Waals surface area contributed by atoms with Crippen molar-refractivity contribution in [2.75, 3.05) is 30.9 Å². The van der Waals surface area contributed by atoms with Crippen LogP contribution in [0.2, 0.25) is 5.02 Å². The monoisotopic (exact) mass is 535 g/mol. The summed E-state index contributed by atoms with van der Waals surface area (Å²) in [4.78, 5) is 12.0. The molecule has 0 radical (unpaired) electrons. The van der Waals surface area contributed by atoms with E-state index in [1.54, 1.807) is 0 Å². The van der Waals surface area contributed by atoms with Gasteiger partial charge in [-0.25, -0.2) is 9.67 Å². The molecule has 2 N–H and O–H groups in total. The number of hydrogen-bond donors (Lipinski definition) is 2. The van der Waals surface area contributed by atoms with E-state index in [0.29, 0.717) is 12.0 Å². The van der Waals surface area contributed by atoms with E-state index in [1.165, 1.54) is 61.0 Å². The maximum atomic E-state index is 6.09. The Morgan fingerprint density at radius 2 is 1.79 bits per heavy atom. The maximum Gasteiger partial charge on any atom is 0.225 e. The summed E-state index contributed by atoms with van der Waals surface area (Å²) in [5, 5.41) is 12.9. The summed E-state index contributed by atoms with van der Waals surface area (Å²) >= 11 is 6.09. The summed E-state index contributed by atoms with van der Waals surface area (Å²) in [5.41, 5.74) is 6.24. The maximum absolute atomic E-state index is 6.09. The highest BCUT2D eigenvalue weighted by Crippen LogP contribution is 2.30. The first-order valence-corrected chi connectivity index (χ1v) is 14.8. The summed E-state index contributed by atoms with van der Waals surface area (Å²) in [6, 6.07) is 8.38. The molecular formula is C30H42ClN7. The van der Waals surface area contributed by atoms with Crippen LogP contribution in [-0.4, -0.2) is 46.4 Å². The lowest BCUT2D eigenvalue weighted by molar-refractivity contribution is 0.323. The van der Waals surface area contributed by atoms with E-state index in [1.807, 2.05) is 30.5 Å². The fourth-order valence-corrected chi connectivity index (χ4v) is 6.10. The molecule has 0 saturated heterocycles. The van der Waals surface area contributed by atoms with E-state index in [-0.39, 0.29) is 0 Å². The van der Waals surface area contributed by atoms with Gasteiger partial charge in [-0.1, -0.05) is 24.9 Å². The SMILES string of the molecule is CCCc1c(CNCC2CCC(Nc3nc4c(c(N(C)C)n3)CCCC4)CC2)cnn1-c1ccc(Cl)cc1. The van der Waals surface area contributed by atoms with Crippen LogP contribution in [0.4, 0.5) is 11.8 Å². The fourth-order valence-electron chi connectivity index (χ4n) is 5.98. The van der Waals surface area contributed by atoms with Gasteiger partial charge in [0.15, 0.2) is 0 Å². The Morgan fingerprint density at radius 3 is 2.53 bits per heavy atom. The molecule has 2 heterocycles. The summed E-state index contributed by atoms with van der Waals surface area (Å²) in [5.74, 6) is 2.62. The van der Waals surface area contributed by atoms with Crippen molar-refractivity contribution in [1.29, 1.82) is 0 Å². The highest BCUT2D eigenvalue weighted by molar-refractivity contribution is 6.30. The van der Waals surface area contributed by atoms with Crippen molar-refractivity contribution in [3.05, 3.63) is 58.0 Å². The second-order valence-corrected chi connectivity index (χ2v) is 11.6. The number of hydrogen-bond acceptors (Lipinski definition) is 6. The minimum Gasteiger partial charge on any atom is -0.362 e. The Hall–Kier alpha value is -2.64. The van der Waals surface area contributed by atoms with E-state index in [9.17, 15) is 0 Å². The lowest BCUT2D eigenvalue weighted by atomic mass is 9.86. The molecule has 1 fully saturated rings. The van der Waals surface area contributed by atoms with E-state index < -0.39 is 0 Å². The Labute approximate surface area is 232 Å². The quantitative estimate of drug-likeness (QED) is 0.333. The molecule has 2 aromatic heterocycles. The second kappa shape index (κ2) is 12.5. The van der Waals surface area contributed by atoms with E-state index in [4.69, 9.17) is 26.7 Å². The summed E-state index contributed by atoms with van der Waals surface area (Å²) in [7, 11) is 4.18. The molecule has 7 nitrogen and oxygen atoms in total. The molecule has 38 heavy (non-hydrogen) atoms. The molecule has 0 bridgehead atoms. The zero-order valence-corrected chi connectivity index (χ0v) is 23.9. The van der Waals surface area contributed by atoms with Crippen LogP contribution in [-0.2, 0) is 25.8 Å². The molecule has 2 aliphatic carbocycles. The number of halogens is 1. The zero-order chi connectivity index (χ0) is 26.5. The molecule has 3 aromatic rings. The molecule has 0 unspecified atom stereocenters. The van der Waals surface area contributed by atoms with Crippen molar-refractivity contribution < 1.29 is 0 Å². The van der Waals surface area contributed by atoms with Gasteiger partial charge in [-0.3, -0.25) is 0 Å². The van der Waals surface area contributed by atoms with Crippen molar-refractivity contribution >= 4 is 23.4 Å². The normalized spacial score (nSPS) is 19.3. The first kappa shape index (κ1) is 26.9. The molecule has 1 aromatic carbocycles. The van der Waals surface area contributed by atoms with Crippen LogP contribution in [0.5, 0.6) is 0 Å². The van der Waals surface area contributed by atoms with Gasteiger partial charge >= 0.3 is 0 Å². The summed E-state index contributed by atoms with van der Waals surface area (Å²) in [6.07, 6.45) is 13.6. The van der Waals surface area contributed by atoms with Gasteiger partial charge in [0.05, 0.1) is 17.6 Å². The largest absolute Gasteiger partial charge is 0.362 e. The molecular weight excluding hydrogens is 494 g/mol. The van der Waals surface area contributed by atoms with E-state index in [2.05, 4.69) is 41.2 Å². The van der Waals surface area contributed by atoms with Gasteiger partial charge in [0.25, 0.3) is 0 Å². The van der Waals surface area contributed by atoms with Crippen molar-refractivity contribution in [3.8, 4) is 5.69 Å². The van der Waals surface area contributed by atoms with Gasteiger partial charge in [0.2, 0.25) is 5.95 Å². The Balaban J connectivity index is 1.13. The van der Waals surface area contributed by atoms with Crippen molar-refractivity contribution in [2.45, 2.75) is 83.7 Å². The second-order valence-electron chi connectivity index (χ2n) is 11.1. The topological polar surface area (TPSA) is 70.9 Å². The number of anilines is 2. The minimum absolute atomic E-state index is 0.455. The number of aromatic nitrogens is 4. The van der Waals surface area contributed by atoms with Crippen LogP contribution in [0, 0.1) is 5.92 Å². The smallest absolute Gasteiger partial charge is 0.225 e. The van der Waals surface area contributed by atoms with Crippen molar-refractivity contribution in [3.63, 3.8) is 0 Å². The highest BCUT2D eigenvalue weighted by Gasteiger charge is 2.24. The van der Waals surface area contributed by atoms with Crippen LogP contribution in [0.15, 0.2) is 30.5 Å². The molecule has 0 atom stereocenters. The predicted molar refractivity (Wildman–Crippen MR) is 157 cm³/mol. The summed E-state index contributed by atoms with van der Waals surface area (Å²) in [6.45, 7) is 4.13. The number of aryl methyl sites for hydroxylation is 1. The molecule has 5 rings (SSSR count). The third-order valence-electron chi connectivity index (χ3n) is 8.03. The average Bonchev–Trinajstić information content (AvgIpc) is 3.32. The Morgan fingerprint density at radius 1 is 1.03 bits per heavy atom. The van der Waals surface area contributed by atoms with Crippen molar-refractivity contribution in [2.24, 2.45) is 5.92 Å². The van der Waals surface area contributed by atoms with Crippen LogP contribution < -0.4 is 15.5 Å². The van der Waals surface area contributed by atoms with Gasteiger partial charge in [0, 0.05) is 48.5 Å². The number of rotatable bonds is 10. The fraction of sp³-hybridized carbons (Fsp3) is 0.567. The van der Waals surface area contributed by atoms with Crippen LogP contribution >= 0.6 is 11.6 Å². The average molecular weight is 536 g/mol. The first-order chi connectivity index (χ1) is 18.5. The van der Waals surface area contributed by atoms with Crippen LogP contribution in [0.1, 0.15) is 74.4 Å². The standard InChI is InChI=1S/C30H42ClN7/c1-4-7-28-22(20-33-38(28)25-16-12-23(31)13-17-25)19-32-18-21-10-14-24(15-11-21)34-30-35-27-9-6-5-8-26(27)29(36-30)37(2)3/h12-13,16-17,20-21,24,32H,4-11,14-15,18-19H2,1-3H3,(H,34,35,36). The van der Waals surface area contributed by atoms with Crippen LogP contribution in [0.3, 0.4) is 0 Å². The number of fused-ring (bicyclic) bond motifs is 1. The third-order valence-corrected chi connectivity index (χ3v) is 8.28. The number of nitrogens with one attached hydrogen (secondary N) is 2. The van der Waals surface area contributed by atoms with Gasteiger partial charge in [-0.05, 0) is 94.5 Å². The molecule has 0 aliphatic heterocycles. The van der Waals surface area contributed by atoms with Gasteiger partial charge in [0.1, 0.15) is 5.82 Å². The molecule has 2 aliphatic rings. The first-order valence-electron chi connectivity index (χ1n) is 14.4. The molecule has 1 saturated carbocycles. The number of nitrogens with zero attached hydrogens (tertiary/aromatic N) is 5. The van der Waals surface area contributed by atoms with E-state index >= 15 is 0 Å². The minimum atomic E-state index is 0.455. The third kappa shape index (κ3) is 6.32. The molecule has 0 spiro atoms. The van der Waals surface area contributed by atoms with Crippen molar-refractivity contribution in [1.82, 2.24) is 25.1 Å². The molecule has 0 amide bonds. The zero-order valence-electron chi connectivity index (χ0n) is 23.1. The van der Waals surface area contributed by atoms with Crippen LogP contribution in [0.25, 0.3) is 5.69 Å². The lowest BCUT2D eigenvalue weighted by Gasteiger charge is -2.30. The Bertz CT molecular complexity index is 1200. The van der Waals surface area contributed by atoms with E-state index in [0.717, 1.165) is 61.2 Å². The van der Waals surface area contributed by atoms with Gasteiger partial charge in [-0.2, -0.15) is 10.1 Å².